The highest BCUT2D eigenvalue weighted by atomic mass is 16.2. The molecule has 2 saturated heterocycles. The summed E-state index contributed by atoms with van der Waals surface area (Å²) in [5, 5.41) is 3.01. The molecule has 0 spiro atoms. The van der Waals surface area contributed by atoms with E-state index in [1.165, 1.54) is 6.42 Å². The van der Waals surface area contributed by atoms with E-state index in [2.05, 4.69) is 10.2 Å². The Labute approximate surface area is 144 Å². The number of para-hydroxylation sites is 1. The molecule has 130 valence electrons. The van der Waals surface area contributed by atoms with Gasteiger partial charge in [0.15, 0.2) is 0 Å². The summed E-state index contributed by atoms with van der Waals surface area (Å²) in [6.45, 7) is 3.46. The van der Waals surface area contributed by atoms with Gasteiger partial charge in [-0.05, 0) is 57.8 Å². The predicted octanol–water partition coefficient (Wildman–Crippen LogP) is 2.59. The molecular formula is C19H27N3O2. The zero-order chi connectivity index (χ0) is 16.9. The summed E-state index contributed by atoms with van der Waals surface area (Å²) in [6.07, 6.45) is 5.28. The molecule has 0 aromatic heterocycles. The summed E-state index contributed by atoms with van der Waals surface area (Å²) in [5.41, 5.74) is 1.25. The summed E-state index contributed by atoms with van der Waals surface area (Å²) < 4.78 is 0. The quantitative estimate of drug-likeness (QED) is 0.927. The number of nitrogens with one attached hydrogen (secondary N) is 1. The number of piperidine rings is 2. The molecule has 0 radical (unpaired) electrons. The lowest BCUT2D eigenvalue weighted by Gasteiger charge is -2.29. The van der Waals surface area contributed by atoms with Crippen LogP contribution in [-0.4, -0.2) is 54.8 Å². The van der Waals surface area contributed by atoms with Gasteiger partial charge in [0.1, 0.15) is 0 Å². The maximum absolute atomic E-state index is 12.8. The van der Waals surface area contributed by atoms with Crippen LogP contribution in [0.2, 0.25) is 0 Å². The number of amides is 2. The largest absolute Gasteiger partial charge is 0.339 e. The van der Waals surface area contributed by atoms with Crippen molar-refractivity contribution in [3.8, 4) is 0 Å². The first-order chi connectivity index (χ1) is 11.6. The van der Waals surface area contributed by atoms with Crippen LogP contribution in [0.4, 0.5) is 5.69 Å². The molecule has 2 amide bonds. The normalized spacial score (nSPS) is 22.2. The first kappa shape index (κ1) is 17.0. The molecule has 2 fully saturated rings. The van der Waals surface area contributed by atoms with Crippen molar-refractivity contribution in [1.82, 2.24) is 9.80 Å². The minimum Gasteiger partial charge on any atom is -0.339 e. The highest BCUT2D eigenvalue weighted by Crippen LogP contribution is 2.22. The fourth-order valence-corrected chi connectivity index (χ4v) is 3.66. The monoisotopic (exact) mass is 329 g/mol. The molecule has 2 aliphatic heterocycles. The molecule has 5 nitrogen and oxygen atoms in total. The number of rotatable bonds is 3. The minimum absolute atomic E-state index is 0.00175. The number of hydrogen-bond donors (Lipinski definition) is 1. The van der Waals surface area contributed by atoms with Gasteiger partial charge in [-0.1, -0.05) is 12.1 Å². The van der Waals surface area contributed by atoms with E-state index in [1.807, 2.05) is 36.2 Å². The fourth-order valence-electron chi connectivity index (χ4n) is 3.66. The molecule has 24 heavy (non-hydrogen) atoms. The van der Waals surface area contributed by atoms with Gasteiger partial charge in [0.25, 0.3) is 5.91 Å². The van der Waals surface area contributed by atoms with E-state index >= 15 is 0 Å². The van der Waals surface area contributed by atoms with Crippen molar-refractivity contribution in [2.45, 2.75) is 32.1 Å². The number of carbonyl (C=O) groups is 2. The lowest BCUT2D eigenvalue weighted by atomic mass is 9.97. The second-order valence-corrected chi connectivity index (χ2v) is 6.99. The zero-order valence-corrected chi connectivity index (χ0v) is 14.5. The van der Waals surface area contributed by atoms with Crippen LogP contribution >= 0.6 is 0 Å². The molecule has 5 heteroatoms. The van der Waals surface area contributed by atoms with Crippen LogP contribution in [0.5, 0.6) is 0 Å². The van der Waals surface area contributed by atoms with E-state index in [0.29, 0.717) is 11.3 Å². The average molecular weight is 329 g/mol. The van der Waals surface area contributed by atoms with Crippen LogP contribution < -0.4 is 5.32 Å². The van der Waals surface area contributed by atoms with E-state index in [1.54, 1.807) is 0 Å². The van der Waals surface area contributed by atoms with Gasteiger partial charge in [-0.15, -0.1) is 0 Å². The van der Waals surface area contributed by atoms with Gasteiger partial charge in [0, 0.05) is 19.6 Å². The molecular weight excluding hydrogens is 302 g/mol. The molecule has 1 atom stereocenters. The number of likely N-dealkylation sites (tertiary alicyclic amines) is 2. The second-order valence-electron chi connectivity index (χ2n) is 6.99. The third-order valence-electron chi connectivity index (χ3n) is 5.05. The summed E-state index contributed by atoms with van der Waals surface area (Å²) in [7, 11) is 2.05. The van der Waals surface area contributed by atoms with Crippen molar-refractivity contribution in [3.63, 3.8) is 0 Å². The average Bonchev–Trinajstić information content (AvgIpc) is 2.62. The molecule has 3 rings (SSSR count). The second kappa shape index (κ2) is 7.79. The van der Waals surface area contributed by atoms with Crippen molar-refractivity contribution in [1.29, 1.82) is 0 Å². The van der Waals surface area contributed by atoms with Crippen molar-refractivity contribution in [2.75, 3.05) is 38.5 Å². The summed E-state index contributed by atoms with van der Waals surface area (Å²) in [4.78, 5) is 29.5. The first-order valence-electron chi connectivity index (χ1n) is 9.03. The Balaban J connectivity index is 1.71. The van der Waals surface area contributed by atoms with Crippen molar-refractivity contribution in [2.24, 2.45) is 5.92 Å². The molecule has 0 aliphatic carbocycles. The number of carbonyl (C=O) groups excluding carboxylic acids is 2. The van der Waals surface area contributed by atoms with Crippen LogP contribution in [0.1, 0.15) is 42.5 Å². The van der Waals surface area contributed by atoms with E-state index in [0.717, 1.165) is 51.9 Å². The Morgan fingerprint density at radius 2 is 1.79 bits per heavy atom. The first-order valence-corrected chi connectivity index (χ1v) is 9.03. The smallest absolute Gasteiger partial charge is 0.255 e. The Kier molecular flexibility index (Phi) is 5.51. The lowest BCUT2D eigenvalue weighted by molar-refractivity contribution is -0.121. The van der Waals surface area contributed by atoms with Gasteiger partial charge < -0.3 is 15.1 Å². The molecule has 1 N–H and O–H groups in total. The number of benzene rings is 1. The number of hydrogen-bond acceptors (Lipinski definition) is 3. The maximum atomic E-state index is 12.8. The van der Waals surface area contributed by atoms with Crippen molar-refractivity contribution < 1.29 is 9.59 Å². The maximum Gasteiger partial charge on any atom is 0.255 e. The van der Waals surface area contributed by atoms with Gasteiger partial charge in [-0.25, -0.2) is 0 Å². The third-order valence-corrected chi connectivity index (χ3v) is 5.05. The molecule has 1 unspecified atom stereocenters. The Morgan fingerprint density at radius 1 is 1.04 bits per heavy atom. The van der Waals surface area contributed by atoms with Crippen molar-refractivity contribution in [3.05, 3.63) is 29.8 Å². The highest BCUT2D eigenvalue weighted by Gasteiger charge is 2.26. The van der Waals surface area contributed by atoms with Gasteiger partial charge in [-0.2, -0.15) is 0 Å². The molecule has 2 heterocycles. The Bertz CT molecular complexity index is 596. The fraction of sp³-hybridized carbons (Fsp3) is 0.579. The standard InChI is InChI=1S/C19H27N3O2/c1-21-11-7-8-15(14-21)18(23)20-17-10-4-3-9-16(17)19(24)22-12-5-2-6-13-22/h3-4,9-10,15H,2,5-8,11-14H2,1H3,(H,20,23). The highest BCUT2D eigenvalue weighted by molar-refractivity contribution is 6.04. The summed E-state index contributed by atoms with van der Waals surface area (Å²) in [6, 6.07) is 7.39. The summed E-state index contributed by atoms with van der Waals surface area (Å²) in [5.74, 6) is 0.0636. The van der Waals surface area contributed by atoms with Gasteiger partial charge in [0.2, 0.25) is 5.91 Å². The van der Waals surface area contributed by atoms with Crippen molar-refractivity contribution >= 4 is 17.5 Å². The van der Waals surface area contributed by atoms with Gasteiger partial charge in [0.05, 0.1) is 17.2 Å². The predicted molar refractivity (Wildman–Crippen MR) is 95.0 cm³/mol. The zero-order valence-electron chi connectivity index (χ0n) is 14.5. The minimum atomic E-state index is 0.00175. The van der Waals surface area contributed by atoms with Crippen LogP contribution in [-0.2, 0) is 4.79 Å². The van der Waals surface area contributed by atoms with E-state index in [-0.39, 0.29) is 17.7 Å². The molecule has 2 aliphatic rings. The Hall–Kier alpha value is -1.88. The third kappa shape index (κ3) is 3.96. The van der Waals surface area contributed by atoms with Crippen LogP contribution in [0.15, 0.2) is 24.3 Å². The lowest BCUT2D eigenvalue weighted by Crippen LogP contribution is -2.39. The van der Waals surface area contributed by atoms with Crippen LogP contribution in [0, 0.1) is 5.92 Å². The molecule has 0 bridgehead atoms. The molecule has 1 aromatic carbocycles. The SMILES string of the molecule is CN1CCCC(C(=O)Nc2ccccc2C(=O)N2CCCCC2)C1. The van der Waals surface area contributed by atoms with Gasteiger partial charge in [-0.3, -0.25) is 9.59 Å². The number of anilines is 1. The molecule has 1 aromatic rings. The topological polar surface area (TPSA) is 52.7 Å². The van der Waals surface area contributed by atoms with Crippen LogP contribution in [0.25, 0.3) is 0 Å². The Morgan fingerprint density at radius 3 is 2.54 bits per heavy atom. The van der Waals surface area contributed by atoms with E-state index in [4.69, 9.17) is 0 Å². The van der Waals surface area contributed by atoms with E-state index < -0.39 is 0 Å². The summed E-state index contributed by atoms with van der Waals surface area (Å²) >= 11 is 0. The van der Waals surface area contributed by atoms with Gasteiger partial charge >= 0.3 is 0 Å². The number of nitrogens with zero attached hydrogens (tertiary/aromatic N) is 2. The molecule has 0 saturated carbocycles. The van der Waals surface area contributed by atoms with Crippen LogP contribution in [0.3, 0.4) is 0 Å². The van der Waals surface area contributed by atoms with E-state index in [9.17, 15) is 9.59 Å².